The fourth-order valence-electron chi connectivity index (χ4n) is 3.12. The van der Waals surface area contributed by atoms with Crippen LogP contribution >= 0.6 is 11.8 Å². The van der Waals surface area contributed by atoms with Crippen LogP contribution in [0.2, 0.25) is 0 Å². The van der Waals surface area contributed by atoms with Crippen molar-refractivity contribution in [3.8, 4) is 0 Å². The Morgan fingerprint density at radius 1 is 1.33 bits per heavy atom. The van der Waals surface area contributed by atoms with Crippen LogP contribution in [0.4, 0.5) is 0 Å². The highest BCUT2D eigenvalue weighted by Crippen LogP contribution is 2.30. The van der Waals surface area contributed by atoms with E-state index in [1.165, 1.54) is 43.9 Å². The topological polar surface area (TPSA) is 55.1 Å². The van der Waals surface area contributed by atoms with Gasteiger partial charge >= 0.3 is 5.97 Å². The van der Waals surface area contributed by atoms with Crippen LogP contribution in [0.25, 0.3) is 11.0 Å². The van der Waals surface area contributed by atoms with Crippen molar-refractivity contribution in [3.63, 3.8) is 0 Å². The number of rotatable bonds is 6. The molecule has 0 spiro atoms. The van der Waals surface area contributed by atoms with E-state index in [-0.39, 0.29) is 5.75 Å². The van der Waals surface area contributed by atoms with Gasteiger partial charge in [-0.1, -0.05) is 49.6 Å². The van der Waals surface area contributed by atoms with E-state index in [1.807, 2.05) is 18.2 Å². The molecule has 21 heavy (non-hydrogen) atoms. The van der Waals surface area contributed by atoms with E-state index in [0.717, 1.165) is 28.7 Å². The summed E-state index contributed by atoms with van der Waals surface area (Å²) in [7, 11) is 0. The lowest BCUT2D eigenvalue weighted by atomic mass is 10.0. The third-order valence-corrected chi connectivity index (χ3v) is 5.14. The minimum atomic E-state index is -0.797. The van der Waals surface area contributed by atoms with Crippen LogP contribution in [0.3, 0.4) is 0 Å². The lowest BCUT2D eigenvalue weighted by Gasteiger charge is -2.12. The number of carboxylic acids is 1. The molecule has 1 fully saturated rings. The van der Waals surface area contributed by atoms with Gasteiger partial charge in [0.1, 0.15) is 0 Å². The maximum Gasteiger partial charge on any atom is 0.313 e. The molecule has 0 atom stereocenters. The van der Waals surface area contributed by atoms with E-state index in [2.05, 4.69) is 15.6 Å². The third-order valence-electron chi connectivity index (χ3n) is 4.18. The summed E-state index contributed by atoms with van der Waals surface area (Å²) in [4.78, 5) is 15.4. The van der Waals surface area contributed by atoms with E-state index in [0.29, 0.717) is 0 Å². The molecule has 1 aromatic carbocycles. The Morgan fingerprint density at radius 2 is 2.10 bits per heavy atom. The minimum absolute atomic E-state index is 0.0623. The number of thioether (sulfide) groups is 1. The third kappa shape index (κ3) is 3.40. The number of benzene rings is 1. The number of imidazole rings is 1. The minimum Gasteiger partial charge on any atom is -0.481 e. The van der Waals surface area contributed by atoms with E-state index in [9.17, 15) is 4.79 Å². The molecule has 0 amide bonds. The van der Waals surface area contributed by atoms with Gasteiger partial charge in [0, 0.05) is 6.54 Å². The molecule has 0 unspecified atom stereocenters. The van der Waals surface area contributed by atoms with Crippen molar-refractivity contribution in [2.75, 3.05) is 5.75 Å². The number of aliphatic carboxylic acids is 1. The average molecular weight is 304 g/mol. The van der Waals surface area contributed by atoms with Crippen molar-refractivity contribution in [2.45, 2.75) is 43.8 Å². The number of carbonyl (C=O) groups is 1. The van der Waals surface area contributed by atoms with Gasteiger partial charge in [0.05, 0.1) is 16.8 Å². The number of para-hydroxylation sites is 2. The summed E-state index contributed by atoms with van der Waals surface area (Å²) in [6, 6.07) is 8.05. The van der Waals surface area contributed by atoms with Crippen molar-refractivity contribution in [2.24, 2.45) is 5.92 Å². The molecule has 1 aliphatic rings. The van der Waals surface area contributed by atoms with Crippen molar-refractivity contribution in [1.29, 1.82) is 0 Å². The predicted molar refractivity (Wildman–Crippen MR) is 84.7 cm³/mol. The summed E-state index contributed by atoms with van der Waals surface area (Å²) in [6.07, 6.45) is 6.56. The second-order valence-electron chi connectivity index (χ2n) is 5.66. The van der Waals surface area contributed by atoms with Gasteiger partial charge in [-0.05, 0) is 24.5 Å². The Labute approximate surface area is 128 Å². The van der Waals surface area contributed by atoms with Gasteiger partial charge in [-0.3, -0.25) is 4.79 Å². The fourth-order valence-corrected chi connectivity index (χ4v) is 3.88. The zero-order chi connectivity index (χ0) is 14.7. The van der Waals surface area contributed by atoms with E-state index in [1.54, 1.807) is 0 Å². The van der Waals surface area contributed by atoms with Crippen LogP contribution in [0, 0.1) is 5.92 Å². The molecule has 3 rings (SSSR count). The smallest absolute Gasteiger partial charge is 0.313 e. The monoisotopic (exact) mass is 304 g/mol. The van der Waals surface area contributed by atoms with Crippen LogP contribution in [0.15, 0.2) is 29.4 Å². The van der Waals surface area contributed by atoms with Crippen molar-refractivity contribution in [3.05, 3.63) is 24.3 Å². The van der Waals surface area contributed by atoms with Gasteiger partial charge < -0.3 is 9.67 Å². The normalized spacial score (nSPS) is 15.8. The average Bonchev–Trinajstić information content (AvgIpc) is 3.10. The molecule has 4 nitrogen and oxygen atoms in total. The number of carboxylic acid groups (broad SMARTS) is 1. The summed E-state index contributed by atoms with van der Waals surface area (Å²) in [5.74, 6) is 0.0881. The van der Waals surface area contributed by atoms with E-state index in [4.69, 9.17) is 5.11 Å². The maximum atomic E-state index is 10.8. The number of aromatic nitrogens is 2. The maximum absolute atomic E-state index is 10.8. The Morgan fingerprint density at radius 3 is 2.86 bits per heavy atom. The second kappa shape index (κ2) is 6.52. The molecule has 1 aliphatic carbocycles. The summed E-state index contributed by atoms with van der Waals surface area (Å²) in [6.45, 7) is 0.938. The zero-order valence-corrected chi connectivity index (χ0v) is 12.8. The van der Waals surface area contributed by atoms with Crippen molar-refractivity contribution < 1.29 is 9.90 Å². The van der Waals surface area contributed by atoms with Crippen LogP contribution in [-0.2, 0) is 11.3 Å². The highest BCUT2D eigenvalue weighted by molar-refractivity contribution is 7.99. The van der Waals surface area contributed by atoms with Gasteiger partial charge in [-0.25, -0.2) is 4.98 Å². The lowest BCUT2D eigenvalue weighted by Crippen LogP contribution is -2.06. The molecule has 1 heterocycles. The van der Waals surface area contributed by atoms with Crippen molar-refractivity contribution >= 4 is 28.8 Å². The van der Waals surface area contributed by atoms with Crippen LogP contribution in [0.1, 0.15) is 32.1 Å². The first-order chi connectivity index (χ1) is 10.2. The first-order valence-electron chi connectivity index (χ1n) is 7.54. The predicted octanol–water partition coefficient (Wildman–Crippen LogP) is 3.79. The highest BCUT2D eigenvalue weighted by Gasteiger charge is 2.17. The molecule has 1 aromatic heterocycles. The van der Waals surface area contributed by atoms with E-state index < -0.39 is 5.97 Å². The number of aryl methyl sites for hydroxylation is 1. The lowest BCUT2D eigenvalue weighted by molar-refractivity contribution is -0.133. The van der Waals surface area contributed by atoms with Crippen molar-refractivity contribution in [1.82, 2.24) is 9.55 Å². The van der Waals surface area contributed by atoms with Crippen LogP contribution in [-0.4, -0.2) is 26.4 Å². The molecule has 0 saturated heterocycles. The summed E-state index contributed by atoms with van der Waals surface area (Å²) in [5, 5.41) is 9.72. The molecule has 5 heteroatoms. The first kappa shape index (κ1) is 14.4. The molecule has 0 radical (unpaired) electrons. The Kier molecular flexibility index (Phi) is 4.48. The number of fused-ring (bicyclic) bond motifs is 1. The number of nitrogens with zero attached hydrogens (tertiary/aromatic N) is 2. The second-order valence-corrected chi connectivity index (χ2v) is 6.60. The Hall–Kier alpha value is -1.49. The fraction of sp³-hybridized carbons (Fsp3) is 0.500. The van der Waals surface area contributed by atoms with Gasteiger partial charge in [0.25, 0.3) is 0 Å². The molecular formula is C16H20N2O2S. The zero-order valence-electron chi connectivity index (χ0n) is 12.0. The molecular weight excluding hydrogens is 284 g/mol. The summed E-state index contributed by atoms with van der Waals surface area (Å²) >= 11 is 1.32. The molecule has 2 aromatic rings. The molecule has 0 bridgehead atoms. The van der Waals surface area contributed by atoms with Gasteiger partial charge in [-0.2, -0.15) is 0 Å². The Balaban J connectivity index is 1.81. The standard InChI is InChI=1S/C16H20N2O2S/c19-15(20)11-21-16-17-13-7-3-4-8-14(13)18(16)10-9-12-5-1-2-6-12/h3-4,7-8,12H,1-2,5-6,9-11H2,(H,19,20). The molecule has 0 aliphatic heterocycles. The Bertz CT molecular complexity index is 632. The summed E-state index contributed by atoms with van der Waals surface area (Å²) in [5.41, 5.74) is 2.07. The van der Waals surface area contributed by atoms with Gasteiger partial charge in [-0.15, -0.1) is 0 Å². The SMILES string of the molecule is O=C(O)CSc1nc2ccccc2n1CCC1CCCC1. The van der Waals surface area contributed by atoms with E-state index >= 15 is 0 Å². The van der Waals surface area contributed by atoms with Crippen LogP contribution in [0.5, 0.6) is 0 Å². The number of hydrogen-bond acceptors (Lipinski definition) is 3. The largest absolute Gasteiger partial charge is 0.481 e. The highest BCUT2D eigenvalue weighted by atomic mass is 32.2. The molecule has 1 N–H and O–H groups in total. The van der Waals surface area contributed by atoms with Gasteiger partial charge in [0.15, 0.2) is 5.16 Å². The quantitative estimate of drug-likeness (QED) is 0.825. The molecule has 1 saturated carbocycles. The van der Waals surface area contributed by atoms with Gasteiger partial charge in [0.2, 0.25) is 0 Å². The van der Waals surface area contributed by atoms with Crippen LogP contribution < -0.4 is 0 Å². The number of hydrogen-bond donors (Lipinski definition) is 1. The molecule has 112 valence electrons. The summed E-state index contributed by atoms with van der Waals surface area (Å²) < 4.78 is 2.20. The first-order valence-corrected chi connectivity index (χ1v) is 8.52.